The zero-order chi connectivity index (χ0) is 22.9. The SMILES string of the molecule is O=C(N/N=C1\CC(=O)c2ccccc21)c1cccc(S(=O)(=O)Nc2cc(Cl)ccc2Cl)c1. The minimum atomic E-state index is -4.04. The van der Waals surface area contributed by atoms with Crippen LogP contribution >= 0.6 is 23.2 Å². The monoisotopic (exact) mass is 487 g/mol. The number of ketones is 1. The number of hydrogen-bond acceptors (Lipinski definition) is 5. The number of hydrogen-bond donors (Lipinski definition) is 2. The molecule has 1 aliphatic rings. The van der Waals surface area contributed by atoms with E-state index in [1.807, 2.05) is 0 Å². The molecule has 3 aromatic carbocycles. The lowest BCUT2D eigenvalue weighted by molar-refractivity contribution is 0.0951. The molecule has 4 rings (SSSR count). The molecule has 0 saturated carbocycles. The zero-order valence-electron chi connectivity index (χ0n) is 16.3. The number of rotatable bonds is 5. The van der Waals surface area contributed by atoms with Crippen LogP contribution < -0.4 is 10.1 Å². The molecule has 32 heavy (non-hydrogen) atoms. The van der Waals surface area contributed by atoms with Crippen molar-refractivity contribution in [1.82, 2.24) is 5.43 Å². The summed E-state index contributed by atoms with van der Waals surface area (Å²) >= 11 is 11.9. The van der Waals surface area contributed by atoms with Crippen LogP contribution in [-0.4, -0.2) is 25.8 Å². The van der Waals surface area contributed by atoms with Gasteiger partial charge in [0.25, 0.3) is 15.9 Å². The molecule has 0 atom stereocenters. The normalized spacial score (nSPS) is 14.3. The number of sulfonamides is 1. The third-order valence-corrected chi connectivity index (χ3v) is 6.67. The van der Waals surface area contributed by atoms with Crippen LogP contribution in [0.4, 0.5) is 5.69 Å². The Kier molecular flexibility index (Phi) is 6.01. The third kappa shape index (κ3) is 4.52. The first-order valence-electron chi connectivity index (χ1n) is 9.32. The number of halogens is 2. The summed E-state index contributed by atoms with van der Waals surface area (Å²) in [5.74, 6) is -0.695. The Morgan fingerprint density at radius 3 is 2.47 bits per heavy atom. The fourth-order valence-electron chi connectivity index (χ4n) is 3.19. The Hall–Kier alpha value is -3.20. The summed E-state index contributed by atoms with van der Waals surface area (Å²) in [6.07, 6.45) is 0.0817. The van der Waals surface area contributed by atoms with Crippen LogP contribution in [0, 0.1) is 0 Å². The van der Waals surface area contributed by atoms with Gasteiger partial charge in [-0.2, -0.15) is 5.10 Å². The first-order valence-corrected chi connectivity index (χ1v) is 11.6. The third-order valence-electron chi connectivity index (χ3n) is 4.74. The lowest BCUT2D eigenvalue weighted by Crippen LogP contribution is -2.20. The number of carbonyl (C=O) groups is 2. The van der Waals surface area contributed by atoms with Gasteiger partial charge in [0, 0.05) is 21.7 Å². The van der Waals surface area contributed by atoms with Crippen molar-refractivity contribution in [2.45, 2.75) is 11.3 Å². The van der Waals surface area contributed by atoms with Gasteiger partial charge < -0.3 is 0 Å². The number of Topliss-reactive ketones (excluding diaryl/α,β-unsaturated/α-hetero) is 1. The molecule has 2 N–H and O–H groups in total. The van der Waals surface area contributed by atoms with E-state index in [0.717, 1.165) is 0 Å². The van der Waals surface area contributed by atoms with Crippen LogP contribution in [0.25, 0.3) is 0 Å². The highest BCUT2D eigenvalue weighted by Crippen LogP contribution is 2.28. The Balaban J connectivity index is 1.55. The second kappa shape index (κ2) is 8.74. The van der Waals surface area contributed by atoms with Crippen LogP contribution in [0.15, 0.2) is 76.7 Å². The zero-order valence-corrected chi connectivity index (χ0v) is 18.6. The molecule has 0 saturated heterocycles. The van der Waals surface area contributed by atoms with Gasteiger partial charge in [0.1, 0.15) is 0 Å². The molecule has 162 valence electrons. The fourth-order valence-corrected chi connectivity index (χ4v) is 4.70. The van der Waals surface area contributed by atoms with E-state index in [2.05, 4.69) is 15.2 Å². The maximum absolute atomic E-state index is 12.8. The molecule has 0 heterocycles. The number of hydrazone groups is 1. The van der Waals surface area contributed by atoms with Crippen LogP contribution in [0.3, 0.4) is 0 Å². The summed E-state index contributed by atoms with van der Waals surface area (Å²) in [7, 11) is -4.04. The van der Waals surface area contributed by atoms with E-state index in [1.54, 1.807) is 24.3 Å². The van der Waals surface area contributed by atoms with Gasteiger partial charge >= 0.3 is 0 Å². The molecule has 0 spiro atoms. The Bertz CT molecular complexity index is 1390. The summed E-state index contributed by atoms with van der Waals surface area (Å²) in [6, 6.07) is 16.8. The second-order valence-corrected chi connectivity index (χ2v) is 9.43. The number of benzene rings is 3. The van der Waals surface area contributed by atoms with E-state index in [9.17, 15) is 18.0 Å². The highest BCUT2D eigenvalue weighted by atomic mass is 35.5. The predicted molar refractivity (Wildman–Crippen MR) is 123 cm³/mol. The van der Waals surface area contributed by atoms with Crippen LogP contribution in [0.2, 0.25) is 10.0 Å². The quantitative estimate of drug-likeness (QED) is 0.516. The van der Waals surface area contributed by atoms with Gasteiger partial charge in [-0.3, -0.25) is 14.3 Å². The Labute approximate surface area is 194 Å². The van der Waals surface area contributed by atoms with E-state index in [-0.39, 0.29) is 33.4 Å². The molecule has 0 radical (unpaired) electrons. The van der Waals surface area contributed by atoms with Crippen molar-refractivity contribution in [3.05, 3.63) is 93.5 Å². The lowest BCUT2D eigenvalue weighted by Gasteiger charge is -2.11. The maximum atomic E-state index is 12.8. The van der Waals surface area contributed by atoms with Crippen molar-refractivity contribution < 1.29 is 18.0 Å². The molecule has 0 unspecified atom stereocenters. The van der Waals surface area contributed by atoms with Gasteiger partial charge in [-0.05, 0) is 36.4 Å². The van der Waals surface area contributed by atoms with E-state index >= 15 is 0 Å². The minimum absolute atomic E-state index is 0.0759. The largest absolute Gasteiger partial charge is 0.294 e. The van der Waals surface area contributed by atoms with E-state index in [4.69, 9.17) is 23.2 Å². The molecular formula is C22H15Cl2N3O4S. The number of carbonyl (C=O) groups excluding carboxylic acids is 2. The number of fused-ring (bicyclic) bond motifs is 1. The van der Waals surface area contributed by atoms with Crippen molar-refractivity contribution in [2.24, 2.45) is 5.10 Å². The molecule has 10 heteroatoms. The van der Waals surface area contributed by atoms with Gasteiger partial charge in [0.15, 0.2) is 5.78 Å². The molecule has 1 aliphatic carbocycles. The van der Waals surface area contributed by atoms with Crippen LogP contribution in [-0.2, 0) is 10.0 Å². The molecule has 7 nitrogen and oxygen atoms in total. The van der Waals surface area contributed by atoms with Crippen molar-refractivity contribution in [3.63, 3.8) is 0 Å². The number of nitrogens with one attached hydrogen (secondary N) is 2. The molecule has 1 amide bonds. The lowest BCUT2D eigenvalue weighted by atomic mass is 10.1. The fraction of sp³-hybridized carbons (Fsp3) is 0.0455. The average Bonchev–Trinajstić information content (AvgIpc) is 3.10. The van der Waals surface area contributed by atoms with Crippen molar-refractivity contribution in [2.75, 3.05) is 4.72 Å². The van der Waals surface area contributed by atoms with Crippen LogP contribution in [0.5, 0.6) is 0 Å². The Morgan fingerprint density at radius 1 is 0.938 bits per heavy atom. The van der Waals surface area contributed by atoms with Crippen molar-refractivity contribution >= 4 is 56.3 Å². The van der Waals surface area contributed by atoms with E-state index in [1.165, 1.54) is 42.5 Å². The van der Waals surface area contributed by atoms with Crippen LogP contribution in [0.1, 0.15) is 32.7 Å². The van der Waals surface area contributed by atoms with Gasteiger partial charge in [-0.15, -0.1) is 0 Å². The van der Waals surface area contributed by atoms with Crippen molar-refractivity contribution in [3.8, 4) is 0 Å². The first kappa shape index (κ1) is 22.0. The number of amides is 1. The Morgan fingerprint density at radius 2 is 1.69 bits per heavy atom. The summed E-state index contributed by atoms with van der Waals surface area (Å²) in [5.41, 5.74) is 4.24. The molecule has 0 bridgehead atoms. The highest BCUT2D eigenvalue weighted by Gasteiger charge is 2.25. The highest BCUT2D eigenvalue weighted by molar-refractivity contribution is 7.92. The molecule has 0 aromatic heterocycles. The smallest absolute Gasteiger partial charge is 0.271 e. The van der Waals surface area contributed by atoms with Crippen molar-refractivity contribution in [1.29, 1.82) is 0 Å². The summed E-state index contributed by atoms with van der Waals surface area (Å²) in [6.45, 7) is 0. The topological polar surface area (TPSA) is 105 Å². The van der Waals surface area contributed by atoms with Gasteiger partial charge in [-0.1, -0.05) is 53.5 Å². The predicted octanol–water partition coefficient (Wildman–Crippen LogP) is 4.51. The number of nitrogens with zero attached hydrogens (tertiary/aromatic N) is 1. The number of anilines is 1. The summed E-state index contributed by atoms with van der Waals surface area (Å²) in [4.78, 5) is 24.5. The standard InChI is InChI=1S/C22H15Cl2N3O4S/c23-14-8-9-18(24)20(11-14)27-32(30,31)15-5-3-4-13(10-15)22(29)26-25-19-12-21(28)17-7-2-1-6-16(17)19/h1-11,27H,12H2,(H,26,29)/b25-19+. The molecule has 0 aliphatic heterocycles. The van der Waals surface area contributed by atoms with E-state index < -0.39 is 15.9 Å². The molecule has 3 aromatic rings. The minimum Gasteiger partial charge on any atom is -0.294 e. The molecular weight excluding hydrogens is 473 g/mol. The van der Waals surface area contributed by atoms with Gasteiger partial charge in [-0.25, -0.2) is 13.8 Å². The average molecular weight is 488 g/mol. The van der Waals surface area contributed by atoms with E-state index in [0.29, 0.717) is 21.9 Å². The molecule has 0 fully saturated rings. The van der Waals surface area contributed by atoms with Gasteiger partial charge in [0.2, 0.25) is 0 Å². The van der Waals surface area contributed by atoms with Gasteiger partial charge in [0.05, 0.1) is 27.7 Å². The maximum Gasteiger partial charge on any atom is 0.271 e. The summed E-state index contributed by atoms with van der Waals surface area (Å²) in [5, 5.41) is 4.56. The first-order chi connectivity index (χ1) is 15.2. The summed E-state index contributed by atoms with van der Waals surface area (Å²) < 4.78 is 27.9. The second-order valence-electron chi connectivity index (χ2n) is 6.90.